The molecule has 0 aliphatic heterocycles. The van der Waals surface area contributed by atoms with E-state index < -0.39 is 5.97 Å². The van der Waals surface area contributed by atoms with Crippen LogP contribution in [0.15, 0.2) is 53.1 Å². The highest BCUT2D eigenvalue weighted by atomic mass is 16.4. The summed E-state index contributed by atoms with van der Waals surface area (Å²) in [4.78, 5) is 11.0. The molecule has 0 N–H and O–H groups in total. The zero-order chi connectivity index (χ0) is 11.4. The van der Waals surface area contributed by atoms with Crippen molar-refractivity contribution in [3.05, 3.63) is 60.1 Å². The lowest BCUT2D eigenvalue weighted by Gasteiger charge is -2.07. The van der Waals surface area contributed by atoms with Crippen molar-refractivity contribution in [2.45, 2.75) is 0 Å². The van der Waals surface area contributed by atoms with E-state index in [9.17, 15) is 9.90 Å². The minimum Gasteiger partial charge on any atom is -0.545 e. The van der Waals surface area contributed by atoms with E-state index in [1.165, 1.54) is 12.3 Å². The Morgan fingerprint density at radius 3 is 2.44 bits per heavy atom. The van der Waals surface area contributed by atoms with Gasteiger partial charge in [-0.1, -0.05) is 30.3 Å². The Morgan fingerprint density at radius 2 is 1.88 bits per heavy atom. The lowest BCUT2D eigenvalue weighted by molar-refractivity contribution is -0.295. The number of rotatable bonds is 3. The van der Waals surface area contributed by atoms with Crippen molar-refractivity contribution in [1.82, 2.24) is 0 Å². The third-order valence-electron chi connectivity index (χ3n) is 2.13. The van der Waals surface area contributed by atoms with Gasteiger partial charge in [-0.25, -0.2) is 0 Å². The maximum absolute atomic E-state index is 11.0. The SMILES string of the molecule is O=C([O-])/C(=C\c1ccco1)c1ccccc1. The first-order valence-corrected chi connectivity index (χ1v) is 4.79. The molecule has 2 aromatic rings. The van der Waals surface area contributed by atoms with Crippen LogP contribution in [0.25, 0.3) is 11.6 Å². The quantitative estimate of drug-likeness (QED) is 0.727. The van der Waals surface area contributed by atoms with E-state index in [0.717, 1.165) is 0 Å². The molecule has 0 bridgehead atoms. The highest BCUT2D eigenvalue weighted by Crippen LogP contribution is 2.17. The Hall–Kier alpha value is -2.29. The van der Waals surface area contributed by atoms with Crippen molar-refractivity contribution < 1.29 is 14.3 Å². The second kappa shape index (κ2) is 4.49. The van der Waals surface area contributed by atoms with Gasteiger partial charge in [0.25, 0.3) is 0 Å². The first kappa shape index (κ1) is 10.2. The lowest BCUT2D eigenvalue weighted by atomic mass is 10.1. The summed E-state index contributed by atoms with van der Waals surface area (Å²) in [5, 5.41) is 11.0. The van der Waals surface area contributed by atoms with E-state index in [4.69, 9.17) is 4.42 Å². The second-order valence-corrected chi connectivity index (χ2v) is 3.23. The maximum atomic E-state index is 11.0. The molecule has 1 aromatic carbocycles. The molecule has 0 radical (unpaired) electrons. The smallest absolute Gasteiger partial charge is 0.127 e. The van der Waals surface area contributed by atoms with Gasteiger partial charge in [0.15, 0.2) is 0 Å². The molecule has 16 heavy (non-hydrogen) atoms. The molecule has 0 fully saturated rings. The molecule has 2 rings (SSSR count). The molecule has 3 heteroatoms. The van der Waals surface area contributed by atoms with Gasteiger partial charge < -0.3 is 14.3 Å². The van der Waals surface area contributed by atoms with Gasteiger partial charge in [0.1, 0.15) is 5.76 Å². The summed E-state index contributed by atoms with van der Waals surface area (Å²) in [6.45, 7) is 0. The summed E-state index contributed by atoms with van der Waals surface area (Å²) in [6.07, 6.45) is 2.94. The van der Waals surface area contributed by atoms with Crippen LogP contribution in [0.1, 0.15) is 11.3 Å². The third kappa shape index (κ3) is 2.20. The Kier molecular flexibility index (Phi) is 2.87. The van der Waals surface area contributed by atoms with Gasteiger partial charge in [0, 0.05) is 5.57 Å². The summed E-state index contributed by atoms with van der Waals surface area (Å²) in [7, 11) is 0. The molecule has 0 aliphatic rings. The molecular weight excluding hydrogens is 204 g/mol. The van der Waals surface area contributed by atoms with Gasteiger partial charge in [0.2, 0.25) is 0 Å². The number of hydrogen-bond donors (Lipinski definition) is 0. The normalized spacial score (nSPS) is 11.4. The number of furan rings is 1. The topological polar surface area (TPSA) is 53.3 Å². The molecule has 0 aliphatic carbocycles. The van der Waals surface area contributed by atoms with Gasteiger partial charge in [-0.2, -0.15) is 0 Å². The molecule has 0 saturated heterocycles. The van der Waals surface area contributed by atoms with E-state index >= 15 is 0 Å². The number of carbonyl (C=O) groups is 1. The van der Waals surface area contributed by atoms with Crippen LogP contribution in [-0.4, -0.2) is 5.97 Å². The van der Waals surface area contributed by atoms with Crippen LogP contribution in [0, 0.1) is 0 Å². The van der Waals surface area contributed by atoms with Crippen molar-refractivity contribution in [1.29, 1.82) is 0 Å². The number of hydrogen-bond acceptors (Lipinski definition) is 3. The summed E-state index contributed by atoms with van der Waals surface area (Å²) < 4.78 is 5.07. The Labute approximate surface area is 92.6 Å². The Morgan fingerprint density at radius 1 is 1.12 bits per heavy atom. The van der Waals surface area contributed by atoms with Crippen LogP contribution in [0.3, 0.4) is 0 Å². The fourth-order valence-electron chi connectivity index (χ4n) is 1.39. The van der Waals surface area contributed by atoms with Crippen LogP contribution < -0.4 is 5.11 Å². The molecular formula is C13H9O3-. The molecule has 0 amide bonds. The predicted molar refractivity (Wildman–Crippen MR) is 58.0 cm³/mol. The largest absolute Gasteiger partial charge is 0.545 e. The van der Waals surface area contributed by atoms with Crippen LogP contribution in [0.4, 0.5) is 0 Å². The number of carboxylic acid groups (broad SMARTS) is 1. The fourth-order valence-corrected chi connectivity index (χ4v) is 1.39. The standard InChI is InChI=1S/C13H10O3/c14-13(15)12(9-11-7-4-8-16-11)10-5-2-1-3-6-10/h1-9H,(H,14,15)/p-1/b12-9-. The van der Waals surface area contributed by atoms with Crippen LogP contribution in [-0.2, 0) is 4.79 Å². The van der Waals surface area contributed by atoms with Gasteiger partial charge in [-0.05, 0) is 23.8 Å². The average molecular weight is 213 g/mol. The van der Waals surface area contributed by atoms with Gasteiger partial charge in [0.05, 0.1) is 12.2 Å². The first-order chi connectivity index (χ1) is 7.77. The summed E-state index contributed by atoms with van der Waals surface area (Å²) >= 11 is 0. The van der Waals surface area contributed by atoms with Crippen LogP contribution >= 0.6 is 0 Å². The van der Waals surface area contributed by atoms with Crippen LogP contribution in [0.2, 0.25) is 0 Å². The highest BCUT2D eigenvalue weighted by Gasteiger charge is 2.03. The maximum Gasteiger partial charge on any atom is 0.127 e. The summed E-state index contributed by atoms with van der Waals surface area (Å²) in [5.74, 6) is -0.731. The van der Waals surface area contributed by atoms with E-state index in [1.54, 1.807) is 36.4 Å². The van der Waals surface area contributed by atoms with Gasteiger partial charge in [-0.15, -0.1) is 0 Å². The van der Waals surface area contributed by atoms with Crippen molar-refractivity contribution in [2.75, 3.05) is 0 Å². The van der Waals surface area contributed by atoms with Gasteiger partial charge in [-0.3, -0.25) is 0 Å². The van der Waals surface area contributed by atoms with E-state index in [-0.39, 0.29) is 5.57 Å². The number of carbonyl (C=O) groups excluding carboxylic acids is 1. The minimum absolute atomic E-state index is 0.107. The van der Waals surface area contributed by atoms with Crippen molar-refractivity contribution in [2.24, 2.45) is 0 Å². The zero-order valence-electron chi connectivity index (χ0n) is 8.42. The Bertz CT molecular complexity index is 495. The molecule has 80 valence electrons. The molecule has 0 atom stereocenters. The number of carboxylic acids is 1. The average Bonchev–Trinajstić information content (AvgIpc) is 2.79. The summed E-state index contributed by atoms with van der Waals surface area (Å²) in [6, 6.07) is 12.2. The molecule has 0 spiro atoms. The fraction of sp³-hybridized carbons (Fsp3) is 0. The third-order valence-corrected chi connectivity index (χ3v) is 2.13. The van der Waals surface area contributed by atoms with E-state index in [0.29, 0.717) is 11.3 Å². The van der Waals surface area contributed by atoms with Crippen molar-refractivity contribution in [3.8, 4) is 0 Å². The molecule has 0 unspecified atom stereocenters. The molecule has 0 saturated carbocycles. The Balaban J connectivity index is 2.43. The monoisotopic (exact) mass is 213 g/mol. The molecule has 1 aromatic heterocycles. The molecule has 3 nitrogen and oxygen atoms in total. The summed E-state index contributed by atoms with van der Waals surface area (Å²) in [5.41, 5.74) is 0.703. The minimum atomic E-state index is -1.22. The van der Waals surface area contributed by atoms with Crippen LogP contribution in [0.5, 0.6) is 0 Å². The van der Waals surface area contributed by atoms with Gasteiger partial charge >= 0.3 is 0 Å². The lowest BCUT2D eigenvalue weighted by Crippen LogP contribution is -2.23. The van der Waals surface area contributed by atoms with Crippen molar-refractivity contribution in [3.63, 3.8) is 0 Å². The predicted octanol–water partition coefficient (Wildman–Crippen LogP) is 1.57. The molecule has 1 heterocycles. The number of aliphatic carboxylic acids is 1. The number of benzene rings is 1. The zero-order valence-corrected chi connectivity index (χ0v) is 8.42. The van der Waals surface area contributed by atoms with E-state index in [2.05, 4.69) is 0 Å². The van der Waals surface area contributed by atoms with Crippen molar-refractivity contribution >= 4 is 17.6 Å². The second-order valence-electron chi connectivity index (χ2n) is 3.23. The first-order valence-electron chi connectivity index (χ1n) is 4.79. The highest BCUT2D eigenvalue weighted by molar-refractivity contribution is 6.19. The van der Waals surface area contributed by atoms with E-state index in [1.807, 2.05) is 6.07 Å².